The number of hydrogen-bond acceptors (Lipinski definition) is 2. The third kappa shape index (κ3) is 1.79. The molecule has 0 fully saturated rings. The molecular formula is C8H12N2. The summed E-state index contributed by atoms with van der Waals surface area (Å²) < 4.78 is 0. The van der Waals surface area contributed by atoms with Gasteiger partial charge in [-0.05, 0) is 18.9 Å². The van der Waals surface area contributed by atoms with Gasteiger partial charge in [0.25, 0.3) is 0 Å². The lowest BCUT2D eigenvalue weighted by Gasteiger charge is -1.91. The normalized spacial score (nSPS) is 24.2. The first-order chi connectivity index (χ1) is 4.83. The van der Waals surface area contributed by atoms with Gasteiger partial charge in [0.15, 0.2) is 0 Å². The van der Waals surface area contributed by atoms with Crippen LogP contribution in [0.4, 0.5) is 0 Å². The molecular weight excluding hydrogens is 124 g/mol. The second-order valence-corrected chi connectivity index (χ2v) is 2.39. The fraction of sp³-hybridized carbons (Fsp3) is 0.500. The summed E-state index contributed by atoms with van der Waals surface area (Å²) in [6, 6.07) is 0.236. The van der Waals surface area contributed by atoms with Crippen LogP contribution in [-0.2, 0) is 0 Å². The lowest BCUT2D eigenvalue weighted by atomic mass is 10.2. The molecule has 0 aromatic rings. The molecule has 1 aliphatic rings. The number of rotatable bonds is 1. The third-order valence-corrected chi connectivity index (χ3v) is 1.47. The first kappa shape index (κ1) is 7.19. The molecule has 54 valence electrons. The number of nitrogens with zero attached hydrogens (tertiary/aromatic N) is 2. The van der Waals surface area contributed by atoms with E-state index in [1.54, 1.807) is 0 Å². The van der Waals surface area contributed by atoms with E-state index in [2.05, 4.69) is 29.3 Å². The summed E-state index contributed by atoms with van der Waals surface area (Å²) in [5.74, 6) is 0. The van der Waals surface area contributed by atoms with E-state index < -0.39 is 0 Å². The van der Waals surface area contributed by atoms with Gasteiger partial charge in [-0.25, -0.2) is 0 Å². The van der Waals surface area contributed by atoms with E-state index in [0.29, 0.717) is 0 Å². The quantitative estimate of drug-likeness (QED) is 0.529. The van der Waals surface area contributed by atoms with Crippen LogP contribution < -0.4 is 0 Å². The molecule has 2 nitrogen and oxygen atoms in total. The molecule has 0 saturated heterocycles. The Labute approximate surface area is 61.4 Å². The Morgan fingerprint density at radius 3 is 3.10 bits per heavy atom. The molecule has 10 heavy (non-hydrogen) atoms. The van der Waals surface area contributed by atoms with Crippen LogP contribution in [-0.4, -0.2) is 6.04 Å². The van der Waals surface area contributed by atoms with Crippen LogP contribution >= 0.6 is 0 Å². The van der Waals surface area contributed by atoms with Gasteiger partial charge in [0.2, 0.25) is 0 Å². The number of hydrogen-bond donors (Lipinski definition) is 0. The molecule has 2 heteroatoms. The predicted octanol–water partition coefficient (Wildman–Crippen LogP) is 2.69. The second-order valence-electron chi connectivity index (χ2n) is 2.39. The molecule has 1 aliphatic heterocycles. The highest BCUT2D eigenvalue weighted by Crippen LogP contribution is 2.08. The zero-order chi connectivity index (χ0) is 7.40. The molecule has 0 spiro atoms. The van der Waals surface area contributed by atoms with Crippen molar-refractivity contribution < 1.29 is 0 Å². The minimum atomic E-state index is 0.236. The van der Waals surface area contributed by atoms with Crippen molar-refractivity contribution in [1.82, 2.24) is 0 Å². The molecule has 0 aromatic heterocycles. The highest BCUT2D eigenvalue weighted by Gasteiger charge is 1.95. The lowest BCUT2D eigenvalue weighted by Crippen LogP contribution is -1.87. The topological polar surface area (TPSA) is 24.7 Å². The Morgan fingerprint density at radius 1 is 1.60 bits per heavy atom. The smallest absolute Gasteiger partial charge is 0.0867 e. The fourth-order valence-corrected chi connectivity index (χ4v) is 0.766. The van der Waals surface area contributed by atoms with Gasteiger partial charge in [0.1, 0.15) is 0 Å². The van der Waals surface area contributed by atoms with Crippen LogP contribution in [0.3, 0.4) is 0 Å². The van der Waals surface area contributed by atoms with Crippen LogP contribution in [0.5, 0.6) is 0 Å². The Morgan fingerprint density at radius 2 is 2.40 bits per heavy atom. The maximum absolute atomic E-state index is 3.98. The molecule has 1 heterocycles. The van der Waals surface area contributed by atoms with Crippen molar-refractivity contribution in [3.05, 3.63) is 23.9 Å². The van der Waals surface area contributed by atoms with Crippen LogP contribution in [0.2, 0.25) is 0 Å². The van der Waals surface area contributed by atoms with E-state index in [9.17, 15) is 0 Å². The maximum Gasteiger partial charge on any atom is 0.0867 e. The van der Waals surface area contributed by atoms with E-state index in [1.807, 2.05) is 13.1 Å². The summed E-state index contributed by atoms with van der Waals surface area (Å²) in [5.41, 5.74) is 1.24. The van der Waals surface area contributed by atoms with E-state index >= 15 is 0 Å². The summed E-state index contributed by atoms with van der Waals surface area (Å²) in [7, 11) is 0. The average Bonchev–Trinajstić information content (AvgIpc) is 2.14. The Hall–Kier alpha value is -0.920. The first-order valence-electron chi connectivity index (χ1n) is 3.60. The summed E-state index contributed by atoms with van der Waals surface area (Å²) in [5, 5.41) is 7.89. The molecule has 0 aliphatic carbocycles. The summed E-state index contributed by atoms with van der Waals surface area (Å²) in [4.78, 5) is 0. The highest BCUT2D eigenvalue weighted by atomic mass is 15.1. The van der Waals surface area contributed by atoms with Gasteiger partial charge in [0.05, 0.1) is 12.2 Å². The van der Waals surface area contributed by atoms with Crippen molar-refractivity contribution >= 4 is 0 Å². The molecule has 0 radical (unpaired) electrons. The number of allylic oxidation sites excluding steroid dienone is 2. The van der Waals surface area contributed by atoms with Crippen molar-refractivity contribution in [1.29, 1.82) is 0 Å². The Balaban J connectivity index is 2.71. The molecule has 0 bridgehead atoms. The summed E-state index contributed by atoms with van der Waals surface area (Å²) >= 11 is 0. The van der Waals surface area contributed by atoms with Crippen molar-refractivity contribution in [2.24, 2.45) is 10.2 Å². The summed E-state index contributed by atoms with van der Waals surface area (Å²) in [6.07, 6.45) is 7.00. The minimum Gasteiger partial charge on any atom is -0.182 e. The van der Waals surface area contributed by atoms with Gasteiger partial charge in [-0.2, -0.15) is 10.2 Å². The molecule has 1 atom stereocenters. The highest BCUT2D eigenvalue weighted by molar-refractivity contribution is 5.20. The molecule has 0 amide bonds. The fourth-order valence-electron chi connectivity index (χ4n) is 0.766. The minimum absolute atomic E-state index is 0.236. The van der Waals surface area contributed by atoms with E-state index in [4.69, 9.17) is 0 Å². The molecule has 0 aromatic carbocycles. The van der Waals surface area contributed by atoms with Gasteiger partial charge in [-0.1, -0.05) is 19.1 Å². The molecule has 0 saturated carbocycles. The standard InChI is InChI=1S/C8H12N2/c1-3-8-5-4-7(2)10-9-6-8/h4-7H,3H2,1-2H3. The van der Waals surface area contributed by atoms with Crippen molar-refractivity contribution in [3.63, 3.8) is 0 Å². The Bertz CT molecular complexity index is 189. The zero-order valence-electron chi connectivity index (χ0n) is 6.41. The lowest BCUT2D eigenvalue weighted by molar-refractivity contribution is 0.855. The Kier molecular flexibility index (Phi) is 2.37. The molecule has 0 N–H and O–H groups in total. The first-order valence-corrected chi connectivity index (χ1v) is 3.60. The van der Waals surface area contributed by atoms with Crippen molar-refractivity contribution in [2.75, 3.05) is 0 Å². The zero-order valence-corrected chi connectivity index (χ0v) is 6.41. The van der Waals surface area contributed by atoms with E-state index in [0.717, 1.165) is 6.42 Å². The van der Waals surface area contributed by atoms with E-state index in [1.165, 1.54) is 5.57 Å². The third-order valence-electron chi connectivity index (χ3n) is 1.47. The predicted molar refractivity (Wildman–Crippen MR) is 41.8 cm³/mol. The van der Waals surface area contributed by atoms with Crippen LogP contribution in [0.1, 0.15) is 20.3 Å². The van der Waals surface area contributed by atoms with Gasteiger partial charge in [-0.3, -0.25) is 0 Å². The summed E-state index contributed by atoms with van der Waals surface area (Å²) in [6.45, 7) is 4.13. The van der Waals surface area contributed by atoms with Crippen LogP contribution in [0.15, 0.2) is 34.2 Å². The molecule has 1 rings (SSSR count). The van der Waals surface area contributed by atoms with Gasteiger partial charge >= 0.3 is 0 Å². The monoisotopic (exact) mass is 136 g/mol. The average molecular weight is 136 g/mol. The van der Waals surface area contributed by atoms with Gasteiger partial charge in [-0.15, -0.1) is 0 Å². The van der Waals surface area contributed by atoms with Gasteiger partial charge < -0.3 is 0 Å². The van der Waals surface area contributed by atoms with Gasteiger partial charge in [0, 0.05) is 0 Å². The van der Waals surface area contributed by atoms with Crippen molar-refractivity contribution in [2.45, 2.75) is 26.3 Å². The number of azo groups is 1. The maximum atomic E-state index is 3.98. The van der Waals surface area contributed by atoms with Crippen LogP contribution in [0, 0.1) is 0 Å². The van der Waals surface area contributed by atoms with Crippen LogP contribution in [0.25, 0.3) is 0 Å². The SMILES string of the molecule is CCC1=CN=NC(C)C=C1. The largest absolute Gasteiger partial charge is 0.182 e. The molecule has 1 unspecified atom stereocenters. The van der Waals surface area contributed by atoms with E-state index in [-0.39, 0.29) is 6.04 Å². The van der Waals surface area contributed by atoms with Crippen molar-refractivity contribution in [3.8, 4) is 0 Å². The second kappa shape index (κ2) is 3.30.